The lowest BCUT2D eigenvalue weighted by atomic mass is 10.1. The van der Waals surface area contributed by atoms with Gasteiger partial charge in [-0.15, -0.1) is 17.0 Å². The van der Waals surface area contributed by atoms with E-state index in [1.54, 1.807) is 7.05 Å². The van der Waals surface area contributed by atoms with Gasteiger partial charge in [-0.05, 0) is 24.1 Å². The zero-order valence-corrected chi connectivity index (χ0v) is 11.4. The lowest BCUT2D eigenvalue weighted by molar-refractivity contribution is 0.861. The van der Waals surface area contributed by atoms with Crippen molar-refractivity contribution >= 4 is 33.8 Å². The second-order valence-electron chi connectivity index (χ2n) is 3.64. The van der Waals surface area contributed by atoms with Gasteiger partial charge in [0.25, 0.3) is 0 Å². The van der Waals surface area contributed by atoms with Gasteiger partial charge < -0.3 is 16.0 Å². The van der Waals surface area contributed by atoms with Crippen LogP contribution in [-0.4, -0.2) is 24.5 Å². The molecule has 4 nitrogen and oxygen atoms in total. The summed E-state index contributed by atoms with van der Waals surface area (Å²) >= 11 is 0. The number of H-pyrrole nitrogens is 1. The predicted molar refractivity (Wildman–Crippen MR) is 77.9 cm³/mol. The van der Waals surface area contributed by atoms with Crippen LogP contribution in [-0.2, 0) is 6.42 Å². The summed E-state index contributed by atoms with van der Waals surface area (Å²) < 4.78 is 0. The quantitative estimate of drug-likeness (QED) is 0.597. The second kappa shape index (κ2) is 6.30. The second-order valence-corrected chi connectivity index (χ2v) is 3.64. The third-order valence-corrected chi connectivity index (χ3v) is 2.63. The number of nitrogens with two attached hydrogens (primary N) is 1. The lowest BCUT2D eigenvalue weighted by Gasteiger charge is -2.05. The van der Waals surface area contributed by atoms with E-state index < -0.39 is 0 Å². The number of aromatic amines is 1. The highest BCUT2D eigenvalue weighted by atomic mass is 79.9. The molecule has 0 saturated carbocycles. The topological polar surface area (TPSA) is 66.2 Å². The Kier molecular flexibility index (Phi) is 5.03. The normalized spacial score (nSPS) is 11.2. The number of benzene rings is 1. The van der Waals surface area contributed by atoms with Gasteiger partial charge in [0, 0.05) is 30.7 Å². The van der Waals surface area contributed by atoms with Crippen molar-refractivity contribution in [2.75, 3.05) is 13.6 Å². The van der Waals surface area contributed by atoms with Gasteiger partial charge in [-0.1, -0.05) is 12.1 Å². The fraction of sp³-hybridized carbons (Fsp3) is 0.250. The van der Waals surface area contributed by atoms with Crippen molar-refractivity contribution in [2.45, 2.75) is 6.42 Å². The van der Waals surface area contributed by atoms with E-state index in [1.807, 2.05) is 6.20 Å². The molecule has 0 spiro atoms. The van der Waals surface area contributed by atoms with Crippen molar-refractivity contribution in [3.05, 3.63) is 36.0 Å². The highest BCUT2D eigenvalue weighted by Gasteiger charge is 2.00. The summed E-state index contributed by atoms with van der Waals surface area (Å²) in [5.41, 5.74) is 8.05. The molecule has 1 aromatic carbocycles. The third kappa shape index (κ3) is 3.23. The zero-order chi connectivity index (χ0) is 11.4. The Bertz CT molecular complexity index is 504. The maximum atomic E-state index is 5.56. The summed E-state index contributed by atoms with van der Waals surface area (Å²) in [5, 5.41) is 4.33. The van der Waals surface area contributed by atoms with Gasteiger partial charge in [0.05, 0.1) is 0 Å². The molecule has 1 aromatic heterocycles. The minimum atomic E-state index is 0. The van der Waals surface area contributed by atoms with Gasteiger partial charge in [0.1, 0.15) is 0 Å². The Balaban J connectivity index is 0.00000144. The molecule has 0 aliphatic rings. The van der Waals surface area contributed by atoms with Gasteiger partial charge in [0.2, 0.25) is 0 Å². The number of aromatic nitrogens is 1. The van der Waals surface area contributed by atoms with Crippen LogP contribution in [0, 0.1) is 0 Å². The summed E-state index contributed by atoms with van der Waals surface area (Å²) in [6.45, 7) is 0.799. The Morgan fingerprint density at radius 1 is 1.41 bits per heavy atom. The number of nitrogens with zero attached hydrogens (tertiary/aromatic N) is 1. The highest BCUT2D eigenvalue weighted by molar-refractivity contribution is 8.93. The molecule has 0 atom stereocenters. The van der Waals surface area contributed by atoms with Crippen LogP contribution in [0.25, 0.3) is 10.9 Å². The number of guanidine groups is 1. The van der Waals surface area contributed by atoms with Crippen LogP contribution in [0.2, 0.25) is 0 Å². The fourth-order valence-corrected chi connectivity index (χ4v) is 1.77. The van der Waals surface area contributed by atoms with Crippen LogP contribution in [0.3, 0.4) is 0 Å². The lowest BCUT2D eigenvalue weighted by Crippen LogP contribution is -2.32. The van der Waals surface area contributed by atoms with E-state index in [2.05, 4.69) is 39.6 Å². The number of fused-ring (bicyclic) bond motifs is 1. The van der Waals surface area contributed by atoms with Gasteiger partial charge >= 0.3 is 0 Å². The molecular formula is C12H17BrN4. The van der Waals surface area contributed by atoms with Crippen LogP contribution in [0.1, 0.15) is 5.56 Å². The van der Waals surface area contributed by atoms with E-state index in [0.29, 0.717) is 5.96 Å². The molecule has 0 unspecified atom stereocenters. The SMILES string of the molecule is Br.CN=C(N)NCCc1cccc2[nH]ccc12. The van der Waals surface area contributed by atoms with Crippen LogP contribution >= 0.6 is 17.0 Å². The van der Waals surface area contributed by atoms with E-state index in [4.69, 9.17) is 5.73 Å². The zero-order valence-electron chi connectivity index (χ0n) is 9.73. The van der Waals surface area contributed by atoms with Crippen LogP contribution in [0.5, 0.6) is 0 Å². The summed E-state index contributed by atoms with van der Waals surface area (Å²) in [5.74, 6) is 0.487. The first-order chi connectivity index (χ1) is 7.81. The molecule has 5 heteroatoms. The summed E-state index contributed by atoms with van der Waals surface area (Å²) in [4.78, 5) is 7.05. The van der Waals surface area contributed by atoms with Gasteiger partial charge in [-0.2, -0.15) is 0 Å². The molecular weight excluding hydrogens is 280 g/mol. The minimum absolute atomic E-state index is 0. The van der Waals surface area contributed by atoms with Crippen molar-refractivity contribution in [3.63, 3.8) is 0 Å². The predicted octanol–water partition coefficient (Wildman–Crippen LogP) is 1.82. The van der Waals surface area contributed by atoms with Crippen molar-refractivity contribution < 1.29 is 0 Å². The maximum Gasteiger partial charge on any atom is 0.188 e. The summed E-state index contributed by atoms with van der Waals surface area (Å²) in [6.07, 6.45) is 2.90. The Morgan fingerprint density at radius 3 is 3.00 bits per heavy atom. The molecule has 0 amide bonds. The first-order valence-electron chi connectivity index (χ1n) is 5.32. The molecule has 2 rings (SSSR count). The first kappa shape index (κ1) is 13.6. The van der Waals surface area contributed by atoms with Crippen molar-refractivity contribution in [3.8, 4) is 0 Å². The largest absolute Gasteiger partial charge is 0.370 e. The molecule has 17 heavy (non-hydrogen) atoms. The fourth-order valence-electron chi connectivity index (χ4n) is 1.77. The van der Waals surface area contributed by atoms with Gasteiger partial charge in [-0.25, -0.2) is 0 Å². The number of hydrogen-bond acceptors (Lipinski definition) is 1. The minimum Gasteiger partial charge on any atom is -0.370 e. The number of rotatable bonds is 3. The van der Waals surface area contributed by atoms with E-state index in [1.165, 1.54) is 16.5 Å². The molecule has 0 fully saturated rings. The monoisotopic (exact) mass is 296 g/mol. The molecule has 1 heterocycles. The number of nitrogens with one attached hydrogen (secondary N) is 2. The Morgan fingerprint density at radius 2 is 2.24 bits per heavy atom. The average Bonchev–Trinajstić information content (AvgIpc) is 2.77. The average molecular weight is 297 g/mol. The van der Waals surface area contributed by atoms with Gasteiger partial charge in [-0.3, -0.25) is 4.99 Å². The number of aliphatic imine (C=N–C) groups is 1. The van der Waals surface area contributed by atoms with Crippen molar-refractivity contribution in [1.82, 2.24) is 10.3 Å². The molecule has 0 aliphatic heterocycles. The maximum absolute atomic E-state index is 5.56. The Labute approximate surface area is 111 Å². The van der Waals surface area contributed by atoms with E-state index in [9.17, 15) is 0 Å². The smallest absolute Gasteiger partial charge is 0.188 e. The standard InChI is InChI=1S/C12H16N4.BrH/c1-14-12(13)16-7-5-9-3-2-4-11-10(9)6-8-15-11;/h2-4,6,8,15H,5,7H2,1H3,(H3,13,14,16);1H. The highest BCUT2D eigenvalue weighted by Crippen LogP contribution is 2.17. The number of hydrogen-bond donors (Lipinski definition) is 3. The van der Waals surface area contributed by atoms with Crippen LogP contribution in [0.15, 0.2) is 35.5 Å². The molecule has 0 saturated heterocycles. The van der Waals surface area contributed by atoms with E-state index in [-0.39, 0.29) is 17.0 Å². The number of halogens is 1. The molecule has 0 bridgehead atoms. The Hall–Kier alpha value is -1.49. The van der Waals surface area contributed by atoms with Crippen molar-refractivity contribution in [1.29, 1.82) is 0 Å². The van der Waals surface area contributed by atoms with E-state index >= 15 is 0 Å². The van der Waals surface area contributed by atoms with Crippen LogP contribution < -0.4 is 11.1 Å². The van der Waals surface area contributed by atoms with E-state index in [0.717, 1.165) is 13.0 Å². The van der Waals surface area contributed by atoms with Gasteiger partial charge in [0.15, 0.2) is 5.96 Å². The molecule has 92 valence electrons. The third-order valence-electron chi connectivity index (χ3n) is 2.63. The summed E-state index contributed by atoms with van der Waals surface area (Å²) in [7, 11) is 1.68. The molecule has 0 aliphatic carbocycles. The van der Waals surface area contributed by atoms with Crippen LogP contribution in [0.4, 0.5) is 0 Å². The van der Waals surface area contributed by atoms with Crippen molar-refractivity contribution in [2.24, 2.45) is 10.7 Å². The molecule has 4 N–H and O–H groups in total. The first-order valence-corrected chi connectivity index (χ1v) is 5.32. The molecule has 2 aromatic rings. The molecule has 0 radical (unpaired) electrons. The summed E-state index contributed by atoms with van der Waals surface area (Å²) in [6, 6.07) is 8.37.